The molecule has 2 rings (SSSR count). The van der Waals surface area contributed by atoms with Crippen LogP contribution in [0.2, 0.25) is 5.02 Å². The third kappa shape index (κ3) is 3.00. The minimum atomic E-state index is -0.118. The van der Waals surface area contributed by atoms with Crippen LogP contribution in [0.15, 0.2) is 30.0 Å². The van der Waals surface area contributed by atoms with Crippen LogP contribution in [0.5, 0.6) is 0 Å². The van der Waals surface area contributed by atoms with Gasteiger partial charge in [0, 0.05) is 5.02 Å². The Morgan fingerprint density at radius 3 is 2.82 bits per heavy atom. The summed E-state index contributed by atoms with van der Waals surface area (Å²) >= 11 is 6.06. The smallest absolute Gasteiger partial charge is 0.115 e. The van der Waals surface area contributed by atoms with Gasteiger partial charge in [0.1, 0.15) is 11.8 Å². The van der Waals surface area contributed by atoms with Crippen molar-refractivity contribution in [1.82, 2.24) is 5.43 Å². The van der Waals surface area contributed by atoms with E-state index >= 15 is 0 Å². The molecule has 0 aromatic heterocycles. The van der Waals surface area contributed by atoms with Crippen LogP contribution in [0.4, 0.5) is 0 Å². The summed E-state index contributed by atoms with van der Waals surface area (Å²) in [5, 5.41) is 0.719. The second-order valence-corrected chi connectivity index (χ2v) is 4.70. The first-order valence-corrected chi connectivity index (χ1v) is 6.14. The summed E-state index contributed by atoms with van der Waals surface area (Å²) in [5.41, 5.74) is 4.94. The number of hydrogen-bond donors (Lipinski definition) is 2. The molecule has 0 radical (unpaired) electrons. The molecule has 17 heavy (non-hydrogen) atoms. The van der Waals surface area contributed by atoms with Crippen LogP contribution in [0, 0.1) is 6.92 Å². The zero-order valence-corrected chi connectivity index (χ0v) is 10.6. The number of allylic oxidation sites excluding steroid dienone is 1. The maximum absolute atomic E-state index is 6.06. The first-order valence-electron chi connectivity index (χ1n) is 5.77. The highest BCUT2D eigenvalue weighted by Gasteiger charge is 2.19. The molecule has 0 amide bonds. The van der Waals surface area contributed by atoms with Gasteiger partial charge in [0.2, 0.25) is 0 Å². The lowest BCUT2D eigenvalue weighted by Crippen LogP contribution is -2.31. The quantitative estimate of drug-likeness (QED) is 0.642. The van der Waals surface area contributed by atoms with E-state index in [4.69, 9.17) is 22.2 Å². The summed E-state index contributed by atoms with van der Waals surface area (Å²) in [6.07, 6.45) is 4.19. The van der Waals surface area contributed by atoms with Gasteiger partial charge in [-0.2, -0.15) is 0 Å². The Labute approximate surface area is 107 Å². The van der Waals surface area contributed by atoms with Gasteiger partial charge in [-0.15, -0.1) is 0 Å². The topological polar surface area (TPSA) is 47.3 Å². The fourth-order valence-electron chi connectivity index (χ4n) is 2.05. The lowest BCUT2D eigenvalue weighted by atomic mass is 10.0. The van der Waals surface area contributed by atoms with Gasteiger partial charge in [0.05, 0.1) is 6.61 Å². The van der Waals surface area contributed by atoms with Crippen LogP contribution >= 0.6 is 11.6 Å². The molecule has 1 heterocycles. The fourth-order valence-corrected chi connectivity index (χ4v) is 2.35. The van der Waals surface area contributed by atoms with Crippen molar-refractivity contribution in [1.29, 1.82) is 0 Å². The molecular formula is C13H17ClN2O. The van der Waals surface area contributed by atoms with Gasteiger partial charge in [0.15, 0.2) is 0 Å². The Bertz CT molecular complexity index is 411. The average Bonchev–Trinajstić information content (AvgIpc) is 2.30. The lowest BCUT2D eigenvalue weighted by molar-refractivity contribution is 0.168. The molecule has 0 spiro atoms. The maximum atomic E-state index is 6.06. The van der Waals surface area contributed by atoms with Gasteiger partial charge in [-0.05, 0) is 49.1 Å². The summed E-state index contributed by atoms with van der Waals surface area (Å²) in [6, 6.07) is 5.79. The van der Waals surface area contributed by atoms with E-state index < -0.39 is 0 Å². The monoisotopic (exact) mass is 252 g/mol. The molecule has 1 aliphatic rings. The van der Waals surface area contributed by atoms with Crippen LogP contribution in [0.25, 0.3) is 0 Å². The minimum absolute atomic E-state index is 0.118. The summed E-state index contributed by atoms with van der Waals surface area (Å²) in [6.45, 7) is 2.77. The van der Waals surface area contributed by atoms with Crippen LogP contribution in [-0.4, -0.2) is 6.61 Å². The Morgan fingerprint density at radius 2 is 2.24 bits per heavy atom. The molecule has 3 N–H and O–H groups in total. The van der Waals surface area contributed by atoms with Crippen LogP contribution in [0.3, 0.4) is 0 Å². The standard InChI is InChI=1S/C13H17ClN2O/c1-9-6-10(8-11(14)7-9)13(16-15)12-4-2-3-5-17-12/h4,6-8,13,16H,2-3,5,15H2,1H3. The van der Waals surface area contributed by atoms with E-state index in [-0.39, 0.29) is 6.04 Å². The van der Waals surface area contributed by atoms with Crippen molar-refractivity contribution < 1.29 is 4.74 Å². The highest BCUT2D eigenvalue weighted by atomic mass is 35.5. The molecule has 1 atom stereocenters. The van der Waals surface area contributed by atoms with Gasteiger partial charge in [-0.1, -0.05) is 17.7 Å². The summed E-state index contributed by atoms with van der Waals surface area (Å²) < 4.78 is 5.64. The predicted molar refractivity (Wildman–Crippen MR) is 69.5 cm³/mol. The second-order valence-electron chi connectivity index (χ2n) is 4.26. The molecule has 0 fully saturated rings. The number of halogens is 1. The zero-order valence-electron chi connectivity index (χ0n) is 9.87. The van der Waals surface area contributed by atoms with E-state index in [1.54, 1.807) is 0 Å². The maximum Gasteiger partial charge on any atom is 0.115 e. The summed E-state index contributed by atoms with van der Waals surface area (Å²) in [5.74, 6) is 6.51. The van der Waals surface area contributed by atoms with E-state index in [1.807, 2.05) is 19.1 Å². The van der Waals surface area contributed by atoms with E-state index in [0.29, 0.717) is 0 Å². The van der Waals surface area contributed by atoms with Gasteiger partial charge < -0.3 is 4.74 Å². The summed E-state index contributed by atoms with van der Waals surface area (Å²) in [7, 11) is 0. The number of aryl methyl sites for hydroxylation is 1. The highest BCUT2D eigenvalue weighted by Crippen LogP contribution is 2.28. The fraction of sp³-hybridized carbons (Fsp3) is 0.385. The van der Waals surface area contributed by atoms with Crippen LogP contribution in [-0.2, 0) is 4.74 Å². The molecule has 0 aliphatic carbocycles. The van der Waals surface area contributed by atoms with Crippen LogP contribution < -0.4 is 11.3 Å². The van der Waals surface area contributed by atoms with Crippen molar-refractivity contribution in [2.45, 2.75) is 25.8 Å². The third-order valence-electron chi connectivity index (χ3n) is 2.81. The Morgan fingerprint density at radius 1 is 1.41 bits per heavy atom. The average molecular weight is 253 g/mol. The largest absolute Gasteiger partial charge is 0.496 e. The van der Waals surface area contributed by atoms with Crippen molar-refractivity contribution in [3.8, 4) is 0 Å². The molecule has 1 unspecified atom stereocenters. The molecule has 1 aromatic rings. The molecule has 1 aromatic carbocycles. The van der Waals surface area contributed by atoms with Crippen molar-refractivity contribution >= 4 is 11.6 Å². The number of ether oxygens (including phenoxy) is 1. The number of hydrazine groups is 1. The molecule has 3 nitrogen and oxygen atoms in total. The Kier molecular flexibility index (Phi) is 4.05. The molecule has 0 bridgehead atoms. The van der Waals surface area contributed by atoms with E-state index in [2.05, 4.69) is 17.6 Å². The lowest BCUT2D eigenvalue weighted by Gasteiger charge is -2.24. The zero-order chi connectivity index (χ0) is 12.3. The Hall–Kier alpha value is -1.03. The normalized spacial score (nSPS) is 17.2. The van der Waals surface area contributed by atoms with E-state index in [1.165, 1.54) is 0 Å². The summed E-state index contributed by atoms with van der Waals surface area (Å²) in [4.78, 5) is 0. The number of benzene rings is 1. The van der Waals surface area contributed by atoms with E-state index in [0.717, 1.165) is 41.4 Å². The number of nitrogens with two attached hydrogens (primary N) is 1. The first-order chi connectivity index (χ1) is 8.20. The molecule has 0 saturated heterocycles. The van der Waals surface area contributed by atoms with Gasteiger partial charge in [-0.3, -0.25) is 5.84 Å². The van der Waals surface area contributed by atoms with Crippen molar-refractivity contribution in [2.75, 3.05) is 6.61 Å². The minimum Gasteiger partial charge on any atom is -0.496 e. The number of nitrogens with one attached hydrogen (secondary N) is 1. The first kappa shape index (κ1) is 12.4. The molecular weight excluding hydrogens is 236 g/mol. The number of hydrogen-bond acceptors (Lipinski definition) is 3. The van der Waals surface area contributed by atoms with Crippen molar-refractivity contribution in [3.05, 3.63) is 46.2 Å². The molecule has 1 aliphatic heterocycles. The highest BCUT2D eigenvalue weighted by molar-refractivity contribution is 6.30. The van der Waals surface area contributed by atoms with Gasteiger partial charge >= 0.3 is 0 Å². The Balaban J connectivity index is 2.31. The van der Waals surface area contributed by atoms with Crippen molar-refractivity contribution in [2.24, 2.45) is 5.84 Å². The molecule has 92 valence electrons. The second kappa shape index (κ2) is 5.54. The van der Waals surface area contributed by atoms with Gasteiger partial charge in [-0.25, -0.2) is 5.43 Å². The van der Waals surface area contributed by atoms with E-state index in [9.17, 15) is 0 Å². The third-order valence-corrected chi connectivity index (χ3v) is 3.03. The number of rotatable bonds is 3. The van der Waals surface area contributed by atoms with Crippen LogP contribution in [0.1, 0.15) is 30.0 Å². The van der Waals surface area contributed by atoms with Crippen molar-refractivity contribution in [3.63, 3.8) is 0 Å². The SMILES string of the molecule is Cc1cc(Cl)cc(C(NN)C2=CCCCO2)c1. The van der Waals surface area contributed by atoms with Gasteiger partial charge in [0.25, 0.3) is 0 Å². The predicted octanol–water partition coefficient (Wildman–Crippen LogP) is 2.85. The molecule has 4 heteroatoms. The molecule has 0 saturated carbocycles.